The van der Waals surface area contributed by atoms with E-state index in [-0.39, 0.29) is 219 Å². The molecular formula is C106H115Cl5F5N13O16S4. The molecule has 8 amide bonds. The minimum Gasteiger partial charge on any atom is -0.484 e. The summed E-state index contributed by atoms with van der Waals surface area (Å²) in [6.07, 6.45) is 20.9. The van der Waals surface area contributed by atoms with Crippen LogP contribution in [0.4, 0.5) is 22.0 Å². The van der Waals surface area contributed by atoms with Crippen LogP contribution in [0.3, 0.4) is 0 Å². The molecule has 5 aromatic heterocycles. The van der Waals surface area contributed by atoms with Crippen molar-refractivity contribution in [2.75, 3.05) is 33.0 Å². The molecule has 10 aromatic rings. The first-order valence-corrected chi connectivity index (χ1v) is 54.3. The van der Waals surface area contributed by atoms with Crippen molar-refractivity contribution < 1.29 is 98.0 Å². The van der Waals surface area contributed by atoms with Gasteiger partial charge in [0.05, 0.1) is 47.0 Å². The molecule has 15 fully saturated rings. The Balaban J connectivity index is 0.000000133. The highest BCUT2D eigenvalue weighted by atomic mass is 35.5. The molecule has 43 heteroatoms. The van der Waals surface area contributed by atoms with Crippen LogP contribution in [0.15, 0.2) is 113 Å². The summed E-state index contributed by atoms with van der Waals surface area (Å²) in [5.41, 5.74) is -0.474. The Kier molecular flexibility index (Phi) is 33.2. The Morgan fingerprint density at radius 3 is 1.01 bits per heavy atom. The van der Waals surface area contributed by atoms with E-state index in [9.17, 15) is 69.9 Å². The fourth-order valence-corrected chi connectivity index (χ4v) is 26.9. The first kappa shape index (κ1) is 111. The zero-order valence-electron chi connectivity index (χ0n) is 83.6. The molecule has 5 aromatic carbocycles. The van der Waals surface area contributed by atoms with Gasteiger partial charge in [0.15, 0.2) is 66.2 Å². The number of ketones is 2. The zero-order chi connectivity index (χ0) is 107. The Labute approximate surface area is 899 Å². The number of nitrogens with one attached hydrogen (secondary N) is 8. The lowest BCUT2D eigenvalue weighted by molar-refractivity contribution is -0.165. The van der Waals surface area contributed by atoms with Crippen LogP contribution >= 0.6 is 103 Å². The Hall–Kier alpha value is -11.0. The van der Waals surface area contributed by atoms with E-state index in [1.807, 2.05) is 34.6 Å². The predicted octanol–water partition coefficient (Wildman–Crippen LogP) is 20.8. The molecule has 15 saturated carbocycles. The third-order valence-electron chi connectivity index (χ3n) is 30.9. The van der Waals surface area contributed by atoms with Crippen LogP contribution in [0.25, 0.3) is 0 Å². The lowest BCUT2D eigenvalue weighted by atomic mass is 9.38. The fourth-order valence-electron chi connectivity index (χ4n) is 23.5. The molecule has 29 nitrogen and oxygen atoms in total. The van der Waals surface area contributed by atoms with Gasteiger partial charge in [0.1, 0.15) is 74.2 Å². The highest BCUT2D eigenvalue weighted by Crippen LogP contribution is 2.70. The molecular weight excluding hydrogens is 2110 g/mol. The monoisotopic (exact) mass is 2220 g/mol. The quantitative estimate of drug-likeness (QED) is 0.0143. The number of ether oxygens (including phenoxy) is 5. The van der Waals surface area contributed by atoms with E-state index >= 15 is 0 Å². The smallest absolute Gasteiger partial charge is 0.273 e. The van der Waals surface area contributed by atoms with Crippen LogP contribution < -0.4 is 66.2 Å². The maximum atomic E-state index is 13.6. The SMILES string of the molecule is Cc1cnc(C(=O)CC23CC(NC(=O)COc4ccc(Cl)c(F)c4)(C2)C3)s1.Cc1nc(C(=O)CC23CC(NC(=O)COc4ccc(Cl)c(F)c4)(C2)C3)sc1C.Cc1nc(C(=O)NC23CCC(NC(=O)COc4ccc(Cl)c(F)c4)(CC2)C(C)C3)c(C)o1.Cc1nc(C(=O)NC23CCC(NC(=O)COc4ccc(Cl)c(F)c4)(CC2)C(C)C3)cs1.Cc1ncc(C(=O)NC23CCC(NC(=O)COc4ccc(Cl)c(F)c4)(CC2)C(C)C3)s1. The molecule has 10 bridgehead atoms. The van der Waals surface area contributed by atoms with Crippen LogP contribution in [0.5, 0.6) is 28.7 Å². The maximum absolute atomic E-state index is 13.6. The number of hydrogen-bond donors (Lipinski definition) is 8. The molecule has 3 unspecified atom stereocenters. The molecule has 0 saturated heterocycles. The molecule has 15 aliphatic carbocycles. The standard InChI is InChI=1S/C23H27ClFN3O4.2C22H25ClFN3O3S.C20H20ClFN2O3S.C19H18ClFN2O3S/c1-13-11-22(28-21(30)20-14(2)32-15(3)26-20)6-8-23(13,9-7-22)27-19(29)12-31-16-4-5-17(24)18(25)10-16;1-13-10-21(27-20(29)18-12-31-14(2)25-18)5-7-22(13,8-6-21)26-19(28)11-30-15-3-4-16(23)17(24)9-15;1-13-10-21(27-20(29)18-11-25-14(2)31-18)5-7-22(13,8-6-21)26-19(28)12-30-15-3-4-16(23)17(24)9-15;1-11-12(2)28-18(23-11)16(25)6-19-8-20(9-19,10-19)24-17(26)7-27-13-3-4-14(21)15(22)5-13;1-11-6-22-17(27-11)15(24)5-18-8-19(9-18,10-18)23-16(25)7-26-12-2-3-13(20)14(21)4-12/h4-5,10,13H,6-9,11-12H2,1-3H3,(H,27,29)(H,28,30);3-4,9,12-13H,5-8,10-11H2,1-2H3,(H,26,28)(H,27,29);3-4,9,11,13H,5-8,10,12H2,1-2H3,(H,26,28)(H,27,29);3-5H,6-10H2,1-2H3,(H,24,26);2-4,6H,5,7-10H2,1H3,(H,23,25). The first-order chi connectivity index (χ1) is 70.5. The number of oxazole rings is 1. The second kappa shape index (κ2) is 44.8. The van der Waals surface area contributed by atoms with E-state index in [1.54, 1.807) is 31.6 Å². The fraction of sp³-hybridized carbons (Fsp3) is 0.481. The summed E-state index contributed by atoms with van der Waals surface area (Å²) in [5.74, 6) is -1.56. The molecule has 8 N–H and O–H groups in total. The molecule has 0 spiro atoms. The van der Waals surface area contributed by atoms with E-state index < -0.39 is 29.1 Å². The highest BCUT2D eigenvalue weighted by Gasteiger charge is 2.70. The Morgan fingerprint density at radius 2 is 0.725 bits per heavy atom. The number of hydrogen-bond acceptors (Lipinski definition) is 25. The van der Waals surface area contributed by atoms with Crippen LogP contribution in [0.1, 0.15) is 256 Å². The van der Waals surface area contributed by atoms with E-state index in [0.717, 1.165) is 178 Å². The van der Waals surface area contributed by atoms with Gasteiger partial charge in [-0.15, -0.1) is 45.3 Å². The van der Waals surface area contributed by atoms with Crippen LogP contribution in [0, 0.1) is 106 Å². The van der Waals surface area contributed by atoms with E-state index in [1.165, 1.54) is 118 Å². The van der Waals surface area contributed by atoms with Crippen molar-refractivity contribution in [1.82, 2.24) is 67.5 Å². The Bertz CT molecular complexity index is 6580. The van der Waals surface area contributed by atoms with Crippen LogP contribution in [0.2, 0.25) is 25.1 Å². The number of amides is 8. The maximum Gasteiger partial charge on any atom is 0.273 e. The lowest BCUT2D eigenvalue weighted by Gasteiger charge is -2.70. The molecule has 3 atom stereocenters. The number of Topliss-reactive ketones (excluding diaryl/α,β-unsaturated/α-hetero) is 2. The van der Waals surface area contributed by atoms with E-state index in [2.05, 4.69) is 88.2 Å². The molecule has 5 heterocycles. The largest absolute Gasteiger partial charge is 0.484 e. The van der Waals surface area contributed by atoms with Gasteiger partial charge in [0.25, 0.3) is 47.3 Å². The third-order valence-corrected chi connectivity index (χ3v) is 36.2. The number of carbonyl (C=O) groups is 10. The van der Waals surface area contributed by atoms with Crippen molar-refractivity contribution in [1.29, 1.82) is 0 Å². The third kappa shape index (κ3) is 25.8. The summed E-state index contributed by atoms with van der Waals surface area (Å²) in [4.78, 5) is 149. The molecule has 15 aliphatic rings. The van der Waals surface area contributed by atoms with Crippen molar-refractivity contribution >= 4 is 162 Å². The average Bonchev–Trinajstić information content (AvgIpc) is 1.66. The van der Waals surface area contributed by atoms with Crippen molar-refractivity contribution in [2.24, 2.45) is 28.6 Å². The number of aromatic nitrogens is 5. The normalized spacial score (nSPS) is 26.2. The number of rotatable bonds is 32. The van der Waals surface area contributed by atoms with Gasteiger partial charge in [-0.3, -0.25) is 47.9 Å². The van der Waals surface area contributed by atoms with Crippen molar-refractivity contribution in [3.63, 3.8) is 0 Å². The van der Waals surface area contributed by atoms with Crippen molar-refractivity contribution in [3.05, 3.63) is 226 Å². The number of fused-ring (bicyclic) bond motifs is 9. The summed E-state index contributed by atoms with van der Waals surface area (Å²) in [7, 11) is 0. The van der Waals surface area contributed by atoms with Gasteiger partial charge >= 0.3 is 0 Å². The molecule has 25 rings (SSSR count). The average molecular weight is 2230 g/mol. The minimum atomic E-state index is -0.592. The summed E-state index contributed by atoms with van der Waals surface area (Å²) < 4.78 is 99.7. The first-order valence-electron chi connectivity index (χ1n) is 49.1. The van der Waals surface area contributed by atoms with Crippen LogP contribution in [-0.2, 0) is 24.0 Å². The van der Waals surface area contributed by atoms with E-state index in [0.29, 0.717) is 50.8 Å². The van der Waals surface area contributed by atoms with Gasteiger partial charge in [-0.2, -0.15) is 0 Å². The molecule has 0 aliphatic heterocycles. The van der Waals surface area contributed by atoms with Crippen molar-refractivity contribution in [3.8, 4) is 28.7 Å². The van der Waals surface area contributed by atoms with E-state index in [4.69, 9.17) is 86.1 Å². The van der Waals surface area contributed by atoms with Crippen LogP contribution in [-0.4, -0.2) is 161 Å². The summed E-state index contributed by atoms with van der Waals surface area (Å²) in [6, 6.07) is 20.4. The minimum absolute atomic E-state index is 0.00198. The summed E-state index contributed by atoms with van der Waals surface area (Å²) in [6.45, 7) is 18.4. The molecule has 794 valence electrons. The highest BCUT2D eigenvalue weighted by molar-refractivity contribution is 7.14. The van der Waals surface area contributed by atoms with Gasteiger partial charge in [-0.25, -0.2) is 46.9 Å². The van der Waals surface area contributed by atoms with Crippen molar-refractivity contribution in [2.45, 2.75) is 261 Å². The van der Waals surface area contributed by atoms with Gasteiger partial charge in [0, 0.05) is 116 Å². The summed E-state index contributed by atoms with van der Waals surface area (Å²) in [5, 5.41) is 29.9. The summed E-state index contributed by atoms with van der Waals surface area (Å²) >= 11 is 34.0. The van der Waals surface area contributed by atoms with Gasteiger partial charge in [-0.1, -0.05) is 78.8 Å². The lowest BCUT2D eigenvalue weighted by Crippen LogP contribution is -2.75. The predicted molar refractivity (Wildman–Crippen MR) is 555 cm³/mol. The second-order valence-electron chi connectivity index (χ2n) is 41.9. The number of halogens is 10. The number of nitrogens with zero attached hydrogens (tertiary/aromatic N) is 5. The topological polar surface area (TPSA) is 391 Å². The second-order valence-corrected chi connectivity index (χ2v) is 48.7. The van der Waals surface area contributed by atoms with Gasteiger partial charge in [0.2, 0.25) is 0 Å². The number of thiazole rings is 4. The number of carbonyl (C=O) groups excluding carboxylic acids is 10. The number of aryl methyl sites for hydroxylation is 7. The molecule has 149 heavy (non-hydrogen) atoms. The molecule has 0 radical (unpaired) electrons. The van der Waals surface area contributed by atoms with Gasteiger partial charge in [-0.05, 0) is 266 Å². The van der Waals surface area contributed by atoms with Gasteiger partial charge < -0.3 is 70.6 Å². The number of benzene rings is 5. The Morgan fingerprint density at radius 1 is 0.383 bits per heavy atom. The zero-order valence-corrected chi connectivity index (χ0v) is 90.6.